The van der Waals surface area contributed by atoms with Crippen molar-refractivity contribution < 1.29 is 9.90 Å². The molecule has 5 heteroatoms. The lowest BCUT2D eigenvalue weighted by Crippen LogP contribution is -2.45. The summed E-state index contributed by atoms with van der Waals surface area (Å²) in [5.74, 6) is -0.999. The lowest BCUT2D eigenvalue weighted by molar-refractivity contribution is 0.0697. The first-order valence-corrected chi connectivity index (χ1v) is 9.79. The number of carboxylic acid groups (broad SMARTS) is 1. The smallest absolute Gasteiger partial charge is 0.335 e. The lowest BCUT2D eigenvalue weighted by atomic mass is 9.88. The van der Waals surface area contributed by atoms with Crippen LogP contribution in [-0.2, 0) is 0 Å². The molecule has 4 nitrogen and oxygen atoms in total. The van der Waals surface area contributed by atoms with Gasteiger partial charge in [-0.15, -0.1) is 0 Å². The highest BCUT2D eigenvalue weighted by molar-refractivity contribution is 6.33. The lowest BCUT2D eigenvalue weighted by Gasteiger charge is -2.43. The molecule has 3 rings (SSSR count). The average Bonchev–Trinajstić information content (AvgIpc) is 2.64. The molecular formula is C23H25ClN2O2. The van der Waals surface area contributed by atoms with Crippen molar-refractivity contribution in [3.8, 4) is 0 Å². The van der Waals surface area contributed by atoms with Crippen LogP contribution >= 0.6 is 11.6 Å². The van der Waals surface area contributed by atoms with Crippen molar-refractivity contribution in [2.45, 2.75) is 39.7 Å². The molecule has 0 fully saturated rings. The van der Waals surface area contributed by atoms with Crippen LogP contribution in [0.5, 0.6) is 0 Å². The molecule has 0 unspecified atom stereocenters. The Bertz CT molecular complexity index is 977. The number of aromatic carboxylic acids is 1. The van der Waals surface area contributed by atoms with Gasteiger partial charge in [-0.3, -0.25) is 4.99 Å². The summed E-state index contributed by atoms with van der Waals surface area (Å²) in [4.78, 5) is 18.0. The minimum absolute atomic E-state index is 0.0203. The van der Waals surface area contributed by atoms with Gasteiger partial charge in [0.05, 0.1) is 21.8 Å². The van der Waals surface area contributed by atoms with Gasteiger partial charge in [0.1, 0.15) is 0 Å². The van der Waals surface area contributed by atoms with Crippen LogP contribution in [0.4, 0.5) is 11.4 Å². The number of hydrogen-bond donors (Lipinski definition) is 1. The molecule has 2 aromatic rings. The van der Waals surface area contributed by atoms with E-state index >= 15 is 0 Å². The second kappa shape index (κ2) is 7.80. The molecule has 1 N–H and O–H groups in total. The van der Waals surface area contributed by atoms with Crippen LogP contribution in [0.15, 0.2) is 47.5 Å². The summed E-state index contributed by atoms with van der Waals surface area (Å²) in [6.45, 7) is 9.80. The molecule has 28 heavy (non-hydrogen) atoms. The number of nitrogens with zero attached hydrogens (tertiary/aromatic N) is 2. The number of fused-ring (bicyclic) bond motifs is 1. The number of rotatable bonds is 5. The maximum atomic E-state index is 11.2. The molecule has 0 spiro atoms. The summed E-state index contributed by atoms with van der Waals surface area (Å²) in [7, 11) is 0. The van der Waals surface area contributed by atoms with E-state index in [1.54, 1.807) is 12.3 Å². The molecule has 0 amide bonds. The molecule has 0 atom stereocenters. The monoisotopic (exact) mass is 396 g/mol. The van der Waals surface area contributed by atoms with Crippen molar-refractivity contribution in [1.82, 2.24) is 0 Å². The Morgan fingerprint density at radius 1 is 1.25 bits per heavy atom. The van der Waals surface area contributed by atoms with Gasteiger partial charge in [0.15, 0.2) is 0 Å². The summed E-state index contributed by atoms with van der Waals surface area (Å²) in [5, 5.41) is 9.57. The summed E-state index contributed by atoms with van der Waals surface area (Å²) < 4.78 is 0. The van der Waals surface area contributed by atoms with Gasteiger partial charge in [-0.2, -0.15) is 0 Å². The van der Waals surface area contributed by atoms with Crippen molar-refractivity contribution >= 4 is 40.7 Å². The van der Waals surface area contributed by atoms with E-state index in [0.717, 1.165) is 18.5 Å². The third-order valence-corrected chi connectivity index (χ3v) is 5.31. The van der Waals surface area contributed by atoms with Crippen molar-refractivity contribution in [2.24, 2.45) is 4.99 Å². The van der Waals surface area contributed by atoms with E-state index in [1.807, 2.05) is 6.07 Å². The zero-order chi connectivity index (χ0) is 20.5. The van der Waals surface area contributed by atoms with Gasteiger partial charge in [0.25, 0.3) is 0 Å². The van der Waals surface area contributed by atoms with Gasteiger partial charge < -0.3 is 10.0 Å². The summed E-state index contributed by atoms with van der Waals surface area (Å²) in [6, 6.07) is 10.8. The Labute approximate surface area is 171 Å². The fourth-order valence-corrected chi connectivity index (χ4v) is 3.87. The van der Waals surface area contributed by atoms with E-state index in [4.69, 9.17) is 16.7 Å². The van der Waals surface area contributed by atoms with E-state index in [1.165, 1.54) is 29.0 Å². The molecule has 0 aliphatic carbocycles. The molecule has 0 saturated carbocycles. The number of aliphatic imine (C=N–C) groups is 1. The highest BCUT2D eigenvalue weighted by Crippen LogP contribution is 2.39. The van der Waals surface area contributed by atoms with Crippen LogP contribution in [0, 0.1) is 0 Å². The van der Waals surface area contributed by atoms with E-state index in [0.29, 0.717) is 10.7 Å². The normalized spacial score (nSPS) is 15.5. The Hall–Kier alpha value is -2.59. The van der Waals surface area contributed by atoms with Crippen LogP contribution in [0.1, 0.15) is 55.6 Å². The van der Waals surface area contributed by atoms with Crippen LogP contribution < -0.4 is 4.90 Å². The number of hydrogen-bond acceptors (Lipinski definition) is 3. The van der Waals surface area contributed by atoms with Crippen molar-refractivity contribution in [1.29, 1.82) is 0 Å². The third kappa shape index (κ3) is 3.97. The predicted molar refractivity (Wildman–Crippen MR) is 117 cm³/mol. The van der Waals surface area contributed by atoms with Gasteiger partial charge in [-0.1, -0.05) is 30.7 Å². The Morgan fingerprint density at radius 2 is 2.00 bits per heavy atom. The molecule has 0 saturated heterocycles. The number of carboxylic acids is 1. The van der Waals surface area contributed by atoms with E-state index in [2.05, 4.69) is 55.8 Å². The minimum Gasteiger partial charge on any atom is -0.478 e. The second-order valence-corrected chi connectivity index (χ2v) is 8.05. The van der Waals surface area contributed by atoms with Crippen LogP contribution in [0.2, 0.25) is 5.02 Å². The first kappa shape index (κ1) is 20.2. The number of carbonyl (C=O) groups is 1. The van der Waals surface area contributed by atoms with Gasteiger partial charge >= 0.3 is 5.97 Å². The third-order valence-electron chi connectivity index (χ3n) is 4.99. The second-order valence-electron chi connectivity index (χ2n) is 7.64. The summed E-state index contributed by atoms with van der Waals surface area (Å²) in [5.41, 5.74) is 5.21. The molecule has 146 valence electrons. The number of anilines is 1. The molecule has 1 heterocycles. The van der Waals surface area contributed by atoms with Gasteiger partial charge in [-0.05, 0) is 68.7 Å². The van der Waals surface area contributed by atoms with Crippen molar-refractivity contribution in [2.75, 3.05) is 11.4 Å². The average molecular weight is 397 g/mol. The van der Waals surface area contributed by atoms with Crippen LogP contribution in [-0.4, -0.2) is 29.4 Å². The predicted octanol–water partition coefficient (Wildman–Crippen LogP) is 6.20. The first-order valence-electron chi connectivity index (χ1n) is 9.41. The van der Waals surface area contributed by atoms with Gasteiger partial charge in [0, 0.05) is 24.0 Å². The Morgan fingerprint density at radius 3 is 2.68 bits per heavy atom. The highest BCUT2D eigenvalue weighted by atomic mass is 35.5. The Balaban J connectivity index is 1.97. The van der Waals surface area contributed by atoms with Crippen molar-refractivity contribution in [3.05, 3.63) is 64.2 Å². The summed E-state index contributed by atoms with van der Waals surface area (Å²) in [6.07, 6.45) is 5.11. The molecule has 1 aliphatic heterocycles. The van der Waals surface area contributed by atoms with E-state index < -0.39 is 5.97 Å². The van der Waals surface area contributed by atoms with Gasteiger partial charge in [0.2, 0.25) is 0 Å². The van der Waals surface area contributed by atoms with Crippen LogP contribution in [0.25, 0.3) is 5.57 Å². The number of halogens is 1. The topological polar surface area (TPSA) is 52.9 Å². The molecule has 0 aromatic heterocycles. The summed E-state index contributed by atoms with van der Waals surface area (Å²) >= 11 is 6.17. The van der Waals surface area contributed by atoms with E-state index in [9.17, 15) is 4.79 Å². The van der Waals surface area contributed by atoms with Crippen LogP contribution in [0.3, 0.4) is 0 Å². The van der Waals surface area contributed by atoms with Gasteiger partial charge in [-0.25, -0.2) is 4.79 Å². The van der Waals surface area contributed by atoms with E-state index in [-0.39, 0.29) is 11.1 Å². The zero-order valence-electron chi connectivity index (χ0n) is 16.7. The quantitative estimate of drug-likeness (QED) is 0.612. The highest BCUT2D eigenvalue weighted by Gasteiger charge is 2.30. The minimum atomic E-state index is -0.999. The largest absolute Gasteiger partial charge is 0.478 e. The SMILES string of the molecule is CCCN1c2ccc(C=Nc3cc(C(=O)O)ccc3Cl)cc2C(C)=CC1(C)C. The fraction of sp³-hybridized carbons (Fsp3) is 0.304. The van der Waals surface area contributed by atoms with Crippen molar-refractivity contribution in [3.63, 3.8) is 0 Å². The molecule has 0 radical (unpaired) electrons. The number of allylic oxidation sites excluding steroid dienone is 1. The Kier molecular flexibility index (Phi) is 5.61. The first-order chi connectivity index (χ1) is 13.2. The fourth-order valence-electron chi connectivity index (χ4n) is 3.70. The molecule has 1 aliphatic rings. The number of benzene rings is 2. The molecular weight excluding hydrogens is 372 g/mol. The standard InChI is InChI=1S/C23H25ClN2O2/c1-5-10-26-21-9-6-16(11-18(21)15(2)13-23(26,3)4)14-25-20-12-17(22(27)28)7-8-19(20)24/h6-9,11-14H,5,10H2,1-4H3,(H,27,28). The zero-order valence-corrected chi connectivity index (χ0v) is 17.4. The maximum absolute atomic E-state index is 11.2. The molecule has 2 aromatic carbocycles. The molecule has 0 bridgehead atoms. The maximum Gasteiger partial charge on any atom is 0.335 e.